The molecule has 0 amide bonds. The van der Waals surface area contributed by atoms with Gasteiger partial charge in [-0.3, -0.25) is 0 Å². The van der Waals surface area contributed by atoms with Gasteiger partial charge in [0.2, 0.25) is 0 Å². The standard InChI is InChI=1S/C21H24O5/c1-13-16-10-14(6-5-9-22)11-19(25-4)21(16)26-20(13)15-7-8-17(23-2)18(12-15)24-3/h5-8,10-13,20,22H,9H2,1-4H3. The van der Waals surface area contributed by atoms with E-state index in [1.165, 1.54) is 0 Å². The fraction of sp³-hybridized carbons (Fsp3) is 0.333. The fourth-order valence-corrected chi connectivity index (χ4v) is 3.33. The van der Waals surface area contributed by atoms with Crippen molar-refractivity contribution in [1.82, 2.24) is 0 Å². The van der Waals surface area contributed by atoms with Gasteiger partial charge in [0.15, 0.2) is 23.0 Å². The van der Waals surface area contributed by atoms with Gasteiger partial charge in [-0.1, -0.05) is 25.1 Å². The summed E-state index contributed by atoms with van der Waals surface area (Å²) in [5.41, 5.74) is 3.07. The highest BCUT2D eigenvalue weighted by Gasteiger charge is 2.35. The molecule has 0 saturated heterocycles. The molecule has 1 N–H and O–H groups in total. The molecule has 5 heteroatoms. The van der Waals surface area contributed by atoms with E-state index in [9.17, 15) is 0 Å². The lowest BCUT2D eigenvalue weighted by atomic mass is 9.91. The van der Waals surface area contributed by atoms with Crippen LogP contribution in [0.5, 0.6) is 23.0 Å². The number of hydrogen-bond donors (Lipinski definition) is 1. The molecule has 0 radical (unpaired) electrons. The van der Waals surface area contributed by atoms with Gasteiger partial charge in [-0.05, 0) is 35.4 Å². The first-order chi connectivity index (χ1) is 12.6. The van der Waals surface area contributed by atoms with Gasteiger partial charge < -0.3 is 24.1 Å². The smallest absolute Gasteiger partial charge is 0.165 e. The molecule has 0 aromatic heterocycles. The highest BCUT2D eigenvalue weighted by molar-refractivity contribution is 5.62. The lowest BCUT2D eigenvalue weighted by Crippen LogP contribution is -2.07. The molecular weight excluding hydrogens is 332 g/mol. The highest BCUT2D eigenvalue weighted by Crippen LogP contribution is 2.51. The van der Waals surface area contributed by atoms with E-state index in [-0.39, 0.29) is 18.6 Å². The predicted octanol–water partition coefficient (Wildman–Crippen LogP) is 3.96. The van der Waals surface area contributed by atoms with Gasteiger partial charge in [-0.25, -0.2) is 0 Å². The van der Waals surface area contributed by atoms with Crippen molar-refractivity contribution in [2.24, 2.45) is 0 Å². The second-order valence-electron chi connectivity index (χ2n) is 6.17. The summed E-state index contributed by atoms with van der Waals surface area (Å²) in [4.78, 5) is 0. The Morgan fingerprint density at radius 2 is 1.73 bits per heavy atom. The van der Waals surface area contributed by atoms with Crippen LogP contribution in [-0.2, 0) is 0 Å². The molecule has 1 aliphatic rings. The summed E-state index contributed by atoms with van der Waals surface area (Å²) in [5.74, 6) is 2.96. The summed E-state index contributed by atoms with van der Waals surface area (Å²) in [6, 6.07) is 9.82. The summed E-state index contributed by atoms with van der Waals surface area (Å²) in [6.45, 7) is 2.13. The monoisotopic (exact) mass is 356 g/mol. The Balaban J connectivity index is 1.99. The van der Waals surface area contributed by atoms with E-state index in [4.69, 9.17) is 24.1 Å². The Kier molecular flexibility index (Phi) is 5.38. The SMILES string of the molecule is COc1ccc(C2Oc3c(OC)cc(C=CCO)cc3C2C)cc1OC. The Labute approximate surface area is 153 Å². The van der Waals surface area contributed by atoms with E-state index in [1.807, 2.05) is 30.3 Å². The van der Waals surface area contributed by atoms with Crippen molar-refractivity contribution in [3.05, 3.63) is 53.1 Å². The molecular formula is C21H24O5. The zero-order valence-corrected chi connectivity index (χ0v) is 15.5. The number of benzene rings is 2. The van der Waals surface area contributed by atoms with Crippen LogP contribution < -0.4 is 18.9 Å². The average molecular weight is 356 g/mol. The Morgan fingerprint density at radius 3 is 2.38 bits per heavy atom. The van der Waals surface area contributed by atoms with Crippen LogP contribution in [-0.4, -0.2) is 33.0 Å². The average Bonchev–Trinajstić information content (AvgIpc) is 3.01. The van der Waals surface area contributed by atoms with Crippen LogP contribution in [0.25, 0.3) is 6.08 Å². The van der Waals surface area contributed by atoms with Gasteiger partial charge in [0, 0.05) is 11.5 Å². The van der Waals surface area contributed by atoms with Crippen molar-refractivity contribution in [2.45, 2.75) is 18.9 Å². The third-order valence-corrected chi connectivity index (χ3v) is 4.67. The Morgan fingerprint density at radius 1 is 1.00 bits per heavy atom. The minimum Gasteiger partial charge on any atom is -0.493 e. The summed E-state index contributed by atoms with van der Waals surface area (Å²) < 4.78 is 22.5. The van der Waals surface area contributed by atoms with E-state index in [0.29, 0.717) is 17.2 Å². The molecule has 2 atom stereocenters. The molecule has 2 aromatic carbocycles. The number of aliphatic hydroxyl groups is 1. The van der Waals surface area contributed by atoms with E-state index < -0.39 is 0 Å². The van der Waals surface area contributed by atoms with Crippen molar-refractivity contribution in [2.75, 3.05) is 27.9 Å². The van der Waals surface area contributed by atoms with Crippen molar-refractivity contribution >= 4 is 6.08 Å². The Bertz CT molecular complexity index is 812. The van der Waals surface area contributed by atoms with Crippen LogP contribution in [0.1, 0.15) is 35.6 Å². The van der Waals surface area contributed by atoms with Gasteiger partial charge in [0.05, 0.1) is 27.9 Å². The van der Waals surface area contributed by atoms with Crippen LogP contribution in [0.4, 0.5) is 0 Å². The lowest BCUT2D eigenvalue weighted by molar-refractivity contribution is 0.207. The van der Waals surface area contributed by atoms with Gasteiger partial charge >= 0.3 is 0 Å². The van der Waals surface area contributed by atoms with E-state index in [0.717, 1.165) is 22.4 Å². The molecule has 0 spiro atoms. The second-order valence-corrected chi connectivity index (χ2v) is 6.17. The van der Waals surface area contributed by atoms with E-state index >= 15 is 0 Å². The van der Waals surface area contributed by atoms with Crippen molar-refractivity contribution in [3.8, 4) is 23.0 Å². The number of ether oxygens (including phenoxy) is 4. The molecule has 2 aromatic rings. The van der Waals surface area contributed by atoms with Crippen molar-refractivity contribution in [1.29, 1.82) is 0 Å². The van der Waals surface area contributed by atoms with Gasteiger partial charge in [-0.15, -0.1) is 0 Å². The predicted molar refractivity (Wildman–Crippen MR) is 100 cm³/mol. The highest BCUT2D eigenvalue weighted by atomic mass is 16.5. The number of methoxy groups -OCH3 is 3. The maximum Gasteiger partial charge on any atom is 0.165 e. The molecule has 2 unspecified atom stereocenters. The molecule has 5 nitrogen and oxygen atoms in total. The molecule has 1 heterocycles. The topological polar surface area (TPSA) is 57.2 Å². The minimum atomic E-state index is -0.143. The fourth-order valence-electron chi connectivity index (χ4n) is 3.33. The largest absolute Gasteiger partial charge is 0.493 e. The minimum absolute atomic E-state index is 0.000276. The first kappa shape index (κ1) is 18.1. The number of rotatable bonds is 6. The maximum absolute atomic E-state index is 9.02. The summed E-state index contributed by atoms with van der Waals surface area (Å²) in [7, 11) is 4.87. The van der Waals surface area contributed by atoms with Crippen LogP contribution in [0.2, 0.25) is 0 Å². The van der Waals surface area contributed by atoms with Crippen LogP contribution in [0.3, 0.4) is 0 Å². The summed E-state index contributed by atoms with van der Waals surface area (Å²) >= 11 is 0. The summed E-state index contributed by atoms with van der Waals surface area (Å²) in [5, 5.41) is 9.02. The first-order valence-electron chi connectivity index (χ1n) is 8.50. The first-order valence-corrected chi connectivity index (χ1v) is 8.50. The quantitative estimate of drug-likeness (QED) is 0.849. The van der Waals surface area contributed by atoms with Gasteiger partial charge in [-0.2, -0.15) is 0 Å². The van der Waals surface area contributed by atoms with Crippen molar-refractivity contribution < 1.29 is 24.1 Å². The molecule has 1 aliphatic heterocycles. The number of aliphatic hydroxyl groups excluding tert-OH is 1. The third kappa shape index (κ3) is 3.22. The third-order valence-electron chi connectivity index (χ3n) is 4.67. The zero-order valence-electron chi connectivity index (χ0n) is 15.5. The maximum atomic E-state index is 9.02. The molecule has 26 heavy (non-hydrogen) atoms. The molecule has 138 valence electrons. The Hall–Kier alpha value is -2.66. The van der Waals surface area contributed by atoms with Crippen LogP contribution in [0, 0.1) is 0 Å². The zero-order chi connectivity index (χ0) is 18.7. The molecule has 3 rings (SSSR count). The molecule has 0 saturated carbocycles. The van der Waals surface area contributed by atoms with E-state index in [2.05, 4.69) is 13.0 Å². The lowest BCUT2D eigenvalue weighted by Gasteiger charge is -2.18. The van der Waals surface area contributed by atoms with Gasteiger partial charge in [0.25, 0.3) is 0 Å². The molecule has 0 aliphatic carbocycles. The van der Waals surface area contributed by atoms with Crippen molar-refractivity contribution in [3.63, 3.8) is 0 Å². The number of fused-ring (bicyclic) bond motifs is 1. The van der Waals surface area contributed by atoms with Gasteiger partial charge in [0.1, 0.15) is 6.10 Å². The summed E-state index contributed by atoms with van der Waals surface area (Å²) in [6.07, 6.45) is 3.43. The molecule has 0 bridgehead atoms. The van der Waals surface area contributed by atoms with E-state index in [1.54, 1.807) is 27.4 Å². The van der Waals surface area contributed by atoms with Crippen LogP contribution in [0.15, 0.2) is 36.4 Å². The normalized spacial score (nSPS) is 18.5. The molecule has 0 fully saturated rings. The number of hydrogen-bond acceptors (Lipinski definition) is 5. The second kappa shape index (κ2) is 7.70. The van der Waals surface area contributed by atoms with Crippen LogP contribution >= 0.6 is 0 Å².